The Labute approximate surface area is 114 Å². The molecule has 20 heavy (non-hydrogen) atoms. The first-order chi connectivity index (χ1) is 9.26. The van der Waals surface area contributed by atoms with Crippen LogP contribution in [0, 0.1) is 6.92 Å². The first-order valence-electron chi connectivity index (χ1n) is 6.08. The molecule has 1 aromatic heterocycles. The number of halogens is 3. The van der Waals surface area contributed by atoms with Gasteiger partial charge in [-0.25, -0.2) is 10.8 Å². The van der Waals surface area contributed by atoms with Gasteiger partial charge in [0.05, 0.1) is 0 Å². The van der Waals surface area contributed by atoms with Gasteiger partial charge in [-0.15, -0.1) is 0 Å². The summed E-state index contributed by atoms with van der Waals surface area (Å²) in [5.74, 6) is 4.75. The fourth-order valence-corrected chi connectivity index (χ4v) is 1.79. The fraction of sp³-hybridized carbons (Fsp3) is 0.500. The van der Waals surface area contributed by atoms with Gasteiger partial charge in [0.1, 0.15) is 12.4 Å². The molecule has 0 saturated heterocycles. The summed E-state index contributed by atoms with van der Waals surface area (Å²) in [7, 11) is 0. The lowest BCUT2D eigenvalue weighted by atomic mass is 10.2. The Balaban J connectivity index is 3.02. The molecule has 1 aromatic rings. The summed E-state index contributed by atoms with van der Waals surface area (Å²) in [5, 5.41) is 0. The lowest BCUT2D eigenvalue weighted by Gasteiger charge is -2.23. The van der Waals surface area contributed by atoms with Gasteiger partial charge >= 0.3 is 6.18 Å². The number of aromatic nitrogens is 1. The number of nitrogens with one attached hydrogen (secondary N) is 1. The van der Waals surface area contributed by atoms with Crippen molar-refractivity contribution in [1.82, 2.24) is 9.88 Å². The van der Waals surface area contributed by atoms with Gasteiger partial charge in [-0.1, -0.05) is 6.92 Å². The van der Waals surface area contributed by atoms with Gasteiger partial charge in [0.2, 0.25) is 0 Å². The van der Waals surface area contributed by atoms with E-state index in [2.05, 4.69) is 10.4 Å². The molecule has 0 aliphatic rings. The van der Waals surface area contributed by atoms with E-state index in [0.717, 1.165) is 4.90 Å². The zero-order valence-corrected chi connectivity index (χ0v) is 11.3. The quantitative estimate of drug-likeness (QED) is 0.643. The van der Waals surface area contributed by atoms with E-state index in [1.54, 1.807) is 13.8 Å². The van der Waals surface area contributed by atoms with Gasteiger partial charge in [-0.05, 0) is 25.5 Å². The van der Waals surface area contributed by atoms with Crippen molar-refractivity contribution in [1.29, 1.82) is 0 Å². The molecule has 0 saturated carbocycles. The first-order valence-corrected chi connectivity index (χ1v) is 6.08. The summed E-state index contributed by atoms with van der Waals surface area (Å²) in [6.45, 7) is 2.10. The van der Waals surface area contributed by atoms with Crippen LogP contribution in [-0.2, 0) is 0 Å². The smallest absolute Gasteiger partial charge is 0.330 e. The second-order valence-electron chi connectivity index (χ2n) is 4.37. The topological polar surface area (TPSA) is 71.2 Å². The van der Waals surface area contributed by atoms with E-state index >= 15 is 0 Å². The molecule has 0 fully saturated rings. The van der Waals surface area contributed by atoms with Crippen molar-refractivity contribution in [3.05, 3.63) is 23.4 Å². The molecular formula is C12H17F3N4O. The van der Waals surface area contributed by atoms with Crippen molar-refractivity contribution >= 4 is 11.7 Å². The summed E-state index contributed by atoms with van der Waals surface area (Å²) in [6.07, 6.45) is -3.99. The number of nitrogens with two attached hydrogens (primary N) is 1. The summed E-state index contributed by atoms with van der Waals surface area (Å²) in [6, 6.07) is 2.76. The minimum atomic E-state index is -4.43. The molecular weight excluding hydrogens is 273 g/mol. The van der Waals surface area contributed by atoms with E-state index in [1.807, 2.05) is 0 Å². The number of nitrogen functional groups attached to an aromatic ring is 1. The number of amides is 1. The maximum Gasteiger partial charge on any atom is 0.406 e. The van der Waals surface area contributed by atoms with Crippen LogP contribution in [0.5, 0.6) is 0 Å². The minimum Gasteiger partial charge on any atom is -0.330 e. The standard InChI is InChI=1S/C12H17F3N4O/c1-3-4-19(7-12(13,14)15)11(20)9-5-8(2)17-10(6-9)18-16/h5-6H,3-4,7,16H2,1-2H3,(H,17,18). The maximum atomic E-state index is 12.5. The maximum absolute atomic E-state index is 12.5. The summed E-state index contributed by atoms with van der Waals surface area (Å²) >= 11 is 0. The summed E-state index contributed by atoms with van der Waals surface area (Å²) < 4.78 is 37.5. The number of hydrazine groups is 1. The van der Waals surface area contributed by atoms with E-state index in [0.29, 0.717) is 12.1 Å². The first kappa shape index (κ1) is 16.2. The number of nitrogens with zero attached hydrogens (tertiary/aromatic N) is 2. The largest absolute Gasteiger partial charge is 0.406 e. The third kappa shape index (κ3) is 4.69. The van der Waals surface area contributed by atoms with E-state index in [-0.39, 0.29) is 17.9 Å². The van der Waals surface area contributed by atoms with Crippen molar-refractivity contribution in [2.24, 2.45) is 5.84 Å². The molecule has 5 nitrogen and oxygen atoms in total. The predicted octanol–water partition coefficient (Wildman–Crippen LogP) is 2.09. The molecule has 0 radical (unpaired) electrons. The Morgan fingerprint density at radius 2 is 2.10 bits per heavy atom. The molecule has 1 amide bonds. The van der Waals surface area contributed by atoms with Gasteiger partial charge in [-0.3, -0.25) is 4.79 Å². The highest BCUT2D eigenvalue weighted by Gasteiger charge is 2.33. The van der Waals surface area contributed by atoms with Crippen LogP contribution in [0.2, 0.25) is 0 Å². The Bertz CT molecular complexity index is 476. The van der Waals surface area contributed by atoms with E-state index in [9.17, 15) is 18.0 Å². The van der Waals surface area contributed by atoms with Crippen molar-refractivity contribution in [3.63, 3.8) is 0 Å². The third-order valence-corrected chi connectivity index (χ3v) is 2.50. The molecule has 0 aromatic carbocycles. The van der Waals surface area contributed by atoms with Gasteiger partial charge in [0.15, 0.2) is 0 Å². The Hall–Kier alpha value is -1.83. The molecule has 8 heteroatoms. The number of pyridine rings is 1. The summed E-state index contributed by atoms with van der Waals surface area (Å²) in [5.41, 5.74) is 2.90. The zero-order valence-electron chi connectivity index (χ0n) is 11.3. The van der Waals surface area contributed by atoms with Gasteiger partial charge < -0.3 is 10.3 Å². The number of carbonyl (C=O) groups excluding carboxylic acids is 1. The van der Waals surface area contributed by atoms with Gasteiger partial charge in [0, 0.05) is 17.8 Å². The molecule has 3 N–H and O–H groups in total. The Morgan fingerprint density at radius 1 is 1.45 bits per heavy atom. The average molecular weight is 290 g/mol. The number of hydrogen-bond acceptors (Lipinski definition) is 4. The van der Waals surface area contributed by atoms with Gasteiger partial charge in [-0.2, -0.15) is 13.2 Å². The molecule has 0 spiro atoms. The van der Waals surface area contributed by atoms with Crippen LogP contribution in [0.4, 0.5) is 19.0 Å². The lowest BCUT2D eigenvalue weighted by molar-refractivity contribution is -0.140. The molecule has 1 rings (SSSR count). The second-order valence-corrected chi connectivity index (χ2v) is 4.37. The number of anilines is 1. The zero-order chi connectivity index (χ0) is 15.3. The number of rotatable bonds is 5. The average Bonchev–Trinajstić information content (AvgIpc) is 2.35. The number of carbonyl (C=O) groups is 1. The Kier molecular flexibility index (Phi) is 5.32. The number of hydrogen-bond donors (Lipinski definition) is 2. The van der Waals surface area contributed by atoms with Crippen LogP contribution >= 0.6 is 0 Å². The van der Waals surface area contributed by atoms with E-state index < -0.39 is 18.6 Å². The highest BCUT2D eigenvalue weighted by molar-refractivity contribution is 5.95. The molecule has 0 unspecified atom stereocenters. The summed E-state index contributed by atoms with van der Waals surface area (Å²) in [4.78, 5) is 16.9. The monoisotopic (exact) mass is 290 g/mol. The van der Waals surface area contributed by atoms with Gasteiger partial charge in [0.25, 0.3) is 5.91 Å². The molecule has 1 heterocycles. The van der Waals surface area contributed by atoms with Crippen LogP contribution in [0.25, 0.3) is 0 Å². The second kappa shape index (κ2) is 6.56. The number of alkyl halides is 3. The molecule has 0 bridgehead atoms. The predicted molar refractivity (Wildman–Crippen MR) is 69.0 cm³/mol. The molecule has 0 aliphatic heterocycles. The van der Waals surface area contributed by atoms with Crippen molar-refractivity contribution < 1.29 is 18.0 Å². The lowest BCUT2D eigenvalue weighted by Crippen LogP contribution is -2.39. The van der Waals surface area contributed by atoms with Crippen molar-refractivity contribution in [3.8, 4) is 0 Å². The van der Waals surface area contributed by atoms with E-state index in [1.165, 1.54) is 12.1 Å². The molecule has 0 atom stereocenters. The van der Waals surface area contributed by atoms with Crippen molar-refractivity contribution in [2.45, 2.75) is 26.4 Å². The molecule has 0 aliphatic carbocycles. The van der Waals surface area contributed by atoms with Crippen LogP contribution in [0.3, 0.4) is 0 Å². The fourth-order valence-electron chi connectivity index (χ4n) is 1.79. The van der Waals surface area contributed by atoms with Crippen LogP contribution in [0.1, 0.15) is 29.4 Å². The normalized spacial score (nSPS) is 11.3. The van der Waals surface area contributed by atoms with Crippen molar-refractivity contribution in [2.75, 3.05) is 18.5 Å². The highest BCUT2D eigenvalue weighted by Crippen LogP contribution is 2.19. The van der Waals surface area contributed by atoms with Crippen LogP contribution in [-0.4, -0.2) is 35.1 Å². The number of aryl methyl sites for hydroxylation is 1. The SMILES string of the molecule is CCCN(CC(F)(F)F)C(=O)c1cc(C)nc(NN)c1. The third-order valence-electron chi connectivity index (χ3n) is 2.50. The van der Waals surface area contributed by atoms with E-state index in [4.69, 9.17) is 5.84 Å². The van der Waals surface area contributed by atoms with Crippen LogP contribution < -0.4 is 11.3 Å². The van der Waals surface area contributed by atoms with Crippen LogP contribution in [0.15, 0.2) is 12.1 Å². The minimum absolute atomic E-state index is 0.0328. The Morgan fingerprint density at radius 3 is 2.60 bits per heavy atom. The molecule has 112 valence electrons. The highest BCUT2D eigenvalue weighted by atomic mass is 19.4.